The van der Waals surface area contributed by atoms with Gasteiger partial charge in [-0.1, -0.05) is 79.5 Å². The normalized spacial score (nSPS) is 12.2. The number of anilines is 1. The van der Waals surface area contributed by atoms with Crippen LogP contribution in [0.4, 0.5) is 5.69 Å². The first-order valence-electron chi connectivity index (χ1n) is 12.6. The molecule has 0 saturated carbocycles. The Morgan fingerprint density at radius 3 is 2.21 bits per heavy atom. The third kappa shape index (κ3) is 7.75. The van der Waals surface area contributed by atoms with Gasteiger partial charge in [-0.2, -0.15) is 0 Å². The molecule has 10 heteroatoms. The first-order valence-corrected chi connectivity index (χ1v) is 14.8. The van der Waals surface area contributed by atoms with Gasteiger partial charge >= 0.3 is 0 Å². The average molecular weight is 591 g/mol. The molecule has 0 spiro atoms. The van der Waals surface area contributed by atoms with Crippen LogP contribution < -0.4 is 9.62 Å². The van der Waals surface area contributed by atoms with E-state index in [1.165, 1.54) is 23.1 Å². The van der Waals surface area contributed by atoms with E-state index in [1.54, 1.807) is 68.4 Å². The van der Waals surface area contributed by atoms with E-state index in [1.807, 2.05) is 13.8 Å². The fourth-order valence-electron chi connectivity index (χ4n) is 3.93. The van der Waals surface area contributed by atoms with Crippen molar-refractivity contribution < 1.29 is 18.0 Å². The summed E-state index contributed by atoms with van der Waals surface area (Å²) in [6.07, 6.45) is 0. The quantitative estimate of drug-likeness (QED) is 0.311. The molecule has 0 aliphatic heterocycles. The Morgan fingerprint density at radius 2 is 1.56 bits per heavy atom. The van der Waals surface area contributed by atoms with Gasteiger partial charge in [-0.25, -0.2) is 8.42 Å². The van der Waals surface area contributed by atoms with E-state index in [-0.39, 0.29) is 29.0 Å². The monoisotopic (exact) mass is 589 g/mol. The SMILES string of the molecule is Cc1ccc(Cl)cc1N(CC(=O)N(Cc1ccccc1Cl)[C@@H](C)C(=O)NCC(C)C)S(=O)(=O)c1ccccc1. The van der Waals surface area contributed by atoms with Gasteiger partial charge in [-0.05, 0) is 61.2 Å². The molecular formula is C29H33Cl2N3O4S. The summed E-state index contributed by atoms with van der Waals surface area (Å²) < 4.78 is 28.8. The highest BCUT2D eigenvalue weighted by Crippen LogP contribution is 2.30. The number of carbonyl (C=O) groups excluding carboxylic acids is 2. The average Bonchev–Trinajstić information content (AvgIpc) is 2.91. The molecule has 0 unspecified atom stereocenters. The lowest BCUT2D eigenvalue weighted by Crippen LogP contribution is -2.51. The molecule has 0 radical (unpaired) electrons. The van der Waals surface area contributed by atoms with Crippen molar-refractivity contribution in [2.24, 2.45) is 5.92 Å². The smallest absolute Gasteiger partial charge is 0.264 e. The van der Waals surface area contributed by atoms with E-state index in [0.29, 0.717) is 27.7 Å². The van der Waals surface area contributed by atoms with Crippen molar-refractivity contribution in [3.8, 4) is 0 Å². The summed E-state index contributed by atoms with van der Waals surface area (Å²) in [6, 6.07) is 18.9. The van der Waals surface area contributed by atoms with Crippen LogP contribution in [0.15, 0.2) is 77.7 Å². The fraction of sp³-hybridized carbons (Fsp3) is 0.310. The first-order chi connectivity index (χ1) is 18.4. The fourth-order valence-corrected chi connectivity index (χ4v) is 5.78. The minimum Gasteiger partial charge on any atom is -0.354 e. The van der Waals surface area contributed by atoms with Crippen LogP contribution in [-0.4, -0.2) is 44.3 Å². The van der Waals surface area contributed by atoms with Gasteiger partial charge in [0.2, 0.25) is 11.8 Å². The zero-order valence-electron chi connectivity index (χ0n) is 22.4. The molecule has 0 aromatic heterocycles. The summed E-state index contributed by atoms with van der Waals surface area (Å²) in [5.74, 6) is -0.701. The molecule has 3 aromatic rings. The molecule has 0 bridgehead atoms. The largest absolute Gasteiger partial charge is 0.354 e. The number of rotatable bonds is 11. The summed E-state index contributed by atoms with van der Waals surface area (Å²) in [5, 5.41) is 3.62. The number of aryl methyl sites for hydroxylation is 1. The molecule has 3 aromatic carbocycles. The van der Waals surface area contributed by atoms with Gasteiger partial charge in [-0.15, -0.1) is 0 Å². The Hall–Kier alpha value is -3.07. The van der Waals surface area contributed by atoms with Crippen LogP contribution in [0.25, 0.3) is 0 Å². The predicted octanol–water partition coefficient (Wildman–Crippen LogP) is 5.69. The van der Waals surface area contributed by atoms with Gasteiger partial charge in [0.05, 0.1) is 10.6 Å². The molecule has 0 fully saturated rings. The topological polar surface area (TPSA) is 86.8 Å². The number of nitrogens with one attached hydrogen (secondary N) is 1. The van der Waals surface area contributed by atoms with Gasteiger partial charge in [-0.3, -0.25) is 13.9 Å². The standard InChI is InChI=1S/C29H33Cl2N3O4S/c1-20(2)17-32-29(36)22(4)33(18-23-10-8-9-13-26(23)31)28(35)19-34(27-16-24(30)15-14-21(27)3)39(37,38)25-11-6-5-7-12-25/h5-16,20,22H,17-19H2,1-4H3,(H,32,36)/t22-/m0/s1. The zero-order chi connectivity index (χ0) is 28.7. The molecule has 0 saturated heterocycles. The van der Waals surface area contributed by atoms with Crippen molar-refractivity contribution in [3.05, 3.63) is 94.0 Å². The Morgan fingerprint density at radius 1 is 0.923 bits per heavy atom. The van der Waals surface area contributed by atoms with E-state index in [9.17, 15) is 18.0 Å². The number of hydrogen-bond donors (Lipinski definition) is 1. The summed E-state index contributed by atoms with van der Waals surface area (Å²) in [7, 11) is -4.17. The van der Waals surface area contributed by atoms with Gasteiger partial charge in [0.15, 0.2) is 0 Å². The van der Waals surface area contributed by atoms with Crippen molar-refractivity contribution in [1.29, 1.82) is 0 Å². The summed E-state index contributed by atoms with van der Waals surface area (Å²) in [4.78, 5) is 28.4. The number of hydrogen-bond acceptors (Lipinski definition) is 4. The molecular weight excluding hydrogens is 557 g/mol. The lowest BCUT2D eigenvalue weighted by molar-refractivity contribution is -0.139. The number of amides is 2. The summed E-state index contributed by atoms with van der Waals surface area (Å²) >= 11 is 12.6. The third-order valence-corrected chi connectivity index (χ3v) is 8.58. The first kappa shape index (κ1) is 30.5. The lowest BCUT2D eigenvalue weighted by atomic mass is 10.1. The Labute approximate surface area is 240 Å². The predicted molar refractivity (Wildman–Crippen MR) is 156 cm³/mol. The molecule has 1 N–H and O–H groups in total. The lowest BCUT2D eigenvalue weighted by Gasteiger charge is -2.32. The van der Waals surface area contributed by atoms with Gasteiger partial charge in [0, 0.05) is 23.1 Å². The highest BCUT2D eigenvalue weighted by Gasteiger charge is 2.33. The summed E-state index contributed by atoms with van der Waals surface area (Å²) in [6.45, 7) is 7.20. The maximum Gasteiger partial charge on any atom is 0.264 e. The van der Waals surface area contributed by atoms with E-state index >= 15 is 0 Å². The maximum absolute atomic E-state index is 14.0. The van der Waals surface area contributed by atoms with Crippen molar-refractivity contribution in [1.82, 2.24) is 10.2 Å². The number of carbonyl (C=O) groups is 2. The minimum absolute atomic E-state index is 0.0164. The molecule has 7 nitrogen and oxygen atoms in total. The number of benzene rings is 3. The van der Waals surface area contributed by atoms with Crippen molar-refractivity contribution in [3.63, 3.8) is 0 Å². The van der Waals surface area contributed by atoms with E-state index < -0.39 is 28.5 Å². The van der Waals surface area contributed by atoms with Crippen molar-refractivity contribution in [2.45, 2.75) is 45.2 Å². The van der Waals surface area contributed by atoms with Crippen molar-refractivity contribution >= 4 is 50.7 Å². The molecule has 3 rings (SSSR count). The van der Waals surface area contributed by atoms with Crippen LogP contribution >= 0.6 is 23.2 Å². The molecule has 0 aliphatic carbocycles. The summed E-state index contributed by atoms with van der Waals surface area (Å²) in [5.41, 5.74) is 1.52. The second-order valence-electron chi connectivity index (χ2n) is 9.68. The second kappa shape index (κ2) is 13.3. The number of nitrogens with zero attached hydrogens (tertiary/aromatic N) is 2. The van der Waals surface area contributed by atoms with Gasteiger partial charge < -0.3 is 10.2 Å². The highest BCUT2D eigenvalue weighted by atomic mass is 35.5. The van der Waals surface area contributed by atoms with E-state index in [0.717, 1.165) is 4.31 Å². The Bertz CT molecular complexity index is 1420. The molecule has 0 heterocycles. The van der Waals surface area contributed by atoms with E-state index in [4.69, 9.17) is 23.2 Å². The molecule has 2 amide bonds. The van der Waals surface area contributed by atoms with Crippen LogP contribution in [0.3, 0.4) is 0 Å². The molecule has 208 valence electrons. The van der Waals surface area contributed by atoms with Gasteiger partial charge in [0.25, 0.3) is 10.0 Å². The third-order valence-electron chi connectivity index (χ3n) is 6.20. The minimum atomic E-state index is -4.17. The molecule has 1 atom stereocenters. The highest BCUT2D eigenvalue weighted by molar-refractivity contribution is 7.92. The zero-order valence-corrected chi connectivity index (χ0v) is 24.7. The Kier molecular flexibility index (Phi) is 10.4. The molecule has 39 heavy (non-hydrogen) atoms. The van der Waals surface area contributed by atoms with Crippen LogP contribution in [0.1, 0.15) is 31.9 Å². The van der Waals surface area contributed by atoms with Crippen LogP contribution in [0.2, 0.25) is 10.0 Å². The molecule has 0 aliphatic rings. The Balaban J connectivity index is 2.05. The van der Waals surface area contributed by atoms with Crippen LogP contribution in [0.5, 0.6) is 0 Å². The number of halogens is 2. The van der Waals surface area contributed by atoms with Gasteiger partial charge in [0.1, 0.15) is 12.6 Å². The number of sulfonamides is 1. The van der Waals surface area contributed by atoms with Crippen LogP contribution in [0, 0.1) is 12.8 Å². The van der Waals surface area contributed by atoms with Crippen LogP contribution in [-0.2, 0) is 26.2 Å². The van der Waals surface area contributed by atoms with Crippen molar-refractivity contribution in [2.75, 3.05) is 17.4 Å². The second-order valence-corrected chi connectivity index (χ2v) is 12.4. The van der Waals surface area contributed by atoms with E-state index in [2.05, 4.69) is 5.32 Å². The maximum atomic E-state index is 14.0.